The molecular formula is C12H16O2S2. The number of rotatable bonds is 2. The number of carbonyl (C=O) groups is 2. The molecule has 1 rings (SSSR count). The zero-order valence-electron chi connectivity index (χ0n) is 9.65. The molecule has 0 heterocycles. The minimum absolute atomic E-state index is 0.168. The molecule has 0 fully saturated rings. The van der Waals surface area contributed by atoms with Crippen LogP contribution in [0.2, 0.25) is 0 Å². The van der Waals surface area contributed by atoms with Crippen molar-refractivity contribution in [1.29, 1.82) is 0 Å². The van der Waals surface area contributed by atoms with Crippen LogP contribution in [0.25, 0.3) is 0 Å². The van der Waals surface area contributed by atoms with Gasteiger partial charge in [0.05, 0.1) is 5.41 Å². The zero-order valence-corrected chi connectivity index (χ0v) is 11.4. The third-order valence-corrected chi connectivity index (χ3v) is 3.82. The first-order valence-electron chi connectivity index (χ1n) is 5.07. The Morgan fingerprint density at radius 1 is 1.31 bits per heavy atom. The molecule has 4 heteroatoms. The molecule has 0 amide bonds. The highest BCUT2D eigenvalue weighted by atomic mass is 32.1. The Hall–Kier alpha value is -0.480. The van der Waals surface area contributed by atoms with Gasteiger partial charge in [-0.3, -0.25) is 9.59 Å². The Labute approximate surface area is 107 Å². The summed E-state index contributed by atoms with van der Waals surface area (Å²) in [5.74, 6) is 0. The lowest BCUT2D eigenvalue weighted by Crippen LogP contribution is -2.40. The SMILES string of the molecule is CC(C)(C)C1(C(=O)S)C=CC(C(=O)S)=CC1. The molecule has 0 radical (unpaired) electrons. The van der Waals surface area contributed by atoms with Crippen molar-refractivity contribution >= 4 is 35.5 Å². The third-order valence-electron chi connectivity index (χ3n) is 3.16. The largest absolute Gasteiger partial charge is 0.286 e. The molecule has 0 aromatic carbocycles. The Bertz CT molecular complexity index is 388. The molecule has 0 bridgehead atoms. The van der Waals surface area contributed by atoms with Gasteiger partial charge >= 0.3 is 0 Å². The topological polar surface area (TPSA) is 34.1 Å². The van der Waals surface area contributed by atoms with Crippen LogP contribution in [-0.4, -0.2) is 10.2 Å². The number of hydrogen-bond acceptors (Lipinski definition) is 2. The molecule has 88 valence electrons. The maximum absolute atomic E-state index is 11.7. The predicted molar refractivity (Wildman–Crippen MR) is 71.7 cm³/mol. The molecule has 2 nitrogen and oxygen atoms in total. The first-order chi connectivity index (χ1) is 7.21. The van der Waals surface area contributed by atoms with Crippen molar-refractivity contribution < 1.29 is 9.59 Å². The molecular weight excluding hydrogens is 240 g/mol. The molecule has 1 unspecified atom stereocenters. The van der Waals surface area contributed by atoms with Gasteiger partial charge in [-0.15, -0.1) is 25.3 Å². The summed E-state index contributed by atoms with van der Waals surface area (Å²) in [6.45, 7) is 5.98. The fraction of sp³-hybridized carbons (Fsp3) is 0.500. The van der Waals surface area contributed by atoms with Gasteiger partial charge in [-0.1, -0.05) is 39.0 Å². The molecule has 0 N–H and O–H groups in total. The predicted octanol–water partition coefficient (Wildman–Crippen LogP) is 2.82. The zero-order chi connectivity index (χ0) is 12.6. The highest BCUT2D eigenvalue weighted by molar-refractivity contribution is 7.97. The van der Waals surface area contributed by atoms with Crippen molar-refractivity contribution in [3.05, 3.63) is 23.8 Å². The molecule has 1 atom stereocenters. The van der Waals surface area contributed by atoms with E-state index in [1.165, 1.54) is 0 Å². The molecule has 0 spiro atoms. The van der Waals surface area contributed by atoms with E-state index in [4.69, 9.17) is 0 Å². The van der Waals surface area contributed by atoms with Crippen LogP contribution in [0.1, 0.15) is 27.2 Å². The van der Waals surface area contributed by atoms with Crippen LogP contribution in [0.3, 0.4) is 0 Å². The second-order valence-electron chi connectivity index (χ2n) is 5.03. The summed E-state index contributed by atoms with van der Waals surface area (Å²) in [6.07, 6.45) is 5.70. The van der Waals surface area contributed by atoms with E-state index < -0.39 is 5.41 Å². The lowest BCUT2D eigenvalue weighted by atomic mass is 9.63. The lowest BCUT2D eigenvalue weighted by molar-refractivity contribution is -0.122. The van der Waals surface area contributed by atoms with Crippen molar-refractivity contribution in [2.45, 2.75) is 27.2 Å². The van der Waals surface area contributed by atoms with E-state index in [0.29, 0.717) is 12.0 Å². The van der Waals surface area contributed by atoms with Gasteiger partial charge in [-0.05, 0) is 11.8 Å². The second kappa shape index (κ2) is 4.41. The summed E-state index contributed by atoms with van der Waals surface area (Å²) in [4.78, 5) is 22.8. The summed E-state index contributed by atoms with van der Waals surface area (Å²) in [5.41, 5.74) is -0.329. The van der Waals surface area contributed by atoms with Crippen molar-refractivity contribution in [2.75, 3.05) is 0 Å². The fourth-order valence-electron chi connectivity index (χ4n) is 1.83. The van der Waals surface area contributed by atoms with E-state index >= 15 is 0 Å². The van der Waals surface area contributed by atoms with Crippen molar-refractivity contribution in [3.63, 3.8) is 0 Å². The highest BCUT2D eigenvalue weighted by Gasteiger charge is 2.45. The first-order valence-corrected chi connectivity index (χ1v) is 5.96. The summed E-state index contributed by atoms with van der Waals surface area (Å²) in [6, 6.07) is 0. The van der Waals surface area contributed by atoms with Gasteiger partial charge in [0.25, 0.3) is 0 Å². The quantitative estimate of drug-likeness (QED) is 0.745. The molecule has 0 saturated heterocycles. The average molecular weight is 256 g/mol. The number of carbonyl (C=O) groups excluding carboxylic acids is 2. The van der Waals surface area contributed by atoms with Crippen LogP contribution < -0.4 is 0 Å². The van der Waals surface area contributed by atoms with Crippen molar-refractivity contribution in [2.24, 2.45) is 10.8 Å². The van der Waals surface area contributed by atoms with E-state index in [-0.39, 0.29) is 15.6 Å². The minimum atomic E-state index is -0.636. The summed E-state index contributed by atoms with van der Waals surface area (Å²) in [5, 5.41) is -0.441. The normalized spacial score (nSPS) is 25.2. The van der Waals surface area contributed by atoms with Gasteiger partial charge in [0, 0.05) is 5.57 Å². The summed E-state index contributed by atoms with van der Waals surface area (Å²) >= 11 is 7.74. The van der Waals surface area contributed by atoms with E-state index in [9.17, 15) is 9.59 Å². The monoisotopic (exact) mass is 256 g/mol. The third kappa shape index (κ3) is 2.28. The Morgan fingerprint density at radius 2 is 1.88 bits per heavy atom. The average Bonchev–Trinajstić information content (AvgIpc) is 2.15. The Kier molecular flexibility index (Phi) is 3.75. The van der Waals surface area contributed by atoms with Gasteiger partial charge in [0.1, 0.15) is 0 Å². The van der Waals surface area contributed by atoms with Gasteiger partial charge in [-0.25, -0.2) is 0 Å². The highest BCUT2D eigenvalue weighted by Crippen LogP contribution is 2.47. The molecule has 1 aliphatic carbocycles. The molecule has 0 aliphatic heterocycles. The number of allylic oxidation sites excluding steroid dienone is 3. The molecule has 0 aromatic rings. The van der Waals surface area contributed by atoms with E-state index in [2.05, 4.69) is 25.3 Å². The van der Waals surface area contributed by atoms with E-state index in [1.54, 1.807) is 18.2 Å². The lowest BCUT2D eigenvalue weighted by Gasteiger charge is -2.41. The molecule has 0 aromatic heterocycles. The molecule has 1 aliphatic rings. The maximum Gasteiger partial charge on any atom is 0.215 e. The van der Waals surface area contributed by atoms with Crippen LogP contribution in [-0.2, 0) is 9.59 Å². The van der Waals surface area contributed by atoms with E-state index in [0.717, 1.165) is 0 Å². The van der Waals surface area contributed by atoms with Crippen LogP contribution in [0.15, 0.2) is 23.8 Å². The Balaban J connectivity index is 3.12. The second-order valence-corrected chi connectivity index (χ2v) is 5.84. The van der Waals surface area contributed by atoms with Gasteiger partial charge in [-0.2, -0.15) is 0 Å². The van der Waals surface area contributed by atoms with Gasteiger partial charge < -0.3 is 0 Å². The van der Waals surface area contributed by atoms with Crippen molar-refractivity contribution in [3.8, 4) is 0 Å². The van der Waals surface area contributed by atoms with Gasteiger partial charge in [0.2, 0.25) is 5.12 Å². The number of thiol groups is 2. The van der Waals surface area contributed by atoms with Crippen LogP contribution in [0, 0.1) is 10.8 Å². The van der Waals surface area contributed by atoms with Crippen LogP contribution in [0.4, 0.5) is 0 Å². The minimum Gasteiger partial charge on any atom is -0.286 e. The standard InChI is InChI=1S/C12H16O2S2/c1-11(2,3)12(10(14)16)6-4-8(5-7-12)9(13)15/h4-6H,7H2,1-3H3,(H,13,15)(H,14,16). The summed E-state index contributed by atoms with van der Waals surface area (Å²) < 4.78 is 0. The van der Waals surface area contributed by atoms with Gasteiger partial charge in [0.15, 0.2) is 5.12 Å². The maximum atomic E-state index is 11.7. The first kappa shape index (κ1) is 13.6. The van der Waals surface area contributed by atoms with Crippen LogP contribution >= 0.6 is 25.3 Å². The molecule has 0 saturated carbocycles. The Morgan fingerprint density at radius 3 is 2.12 bits per heavy atom. The van der Waals surface area contributed by atoms with Crippen molar-refractivity contribution in [1.82, 2.24) is 0 Å². The van der Waals surface area contributed by atoms with Crippen LogP contribution in [0.5, 0.6) is 0 Å². The summed E-state index contributed by atoms with van der Waals surface area (Å²) in [7, 11) is 0. The fourth-order valence-corrected chi connectivity index (χ4v) is 2.50. The molecule has 16 heavy (non-hydrogen) atoms. The smallest absolute Gasteiger partial charge is 0.215 e. The number of hydrogen-bond donors (Lipinski definition) is 2. The van der Waals surface area contributed by atoms with E-state index in [1.807, 2.05) is 20.8 Å².